The summed E-state index contributed by atoms with van der Waals surface area (Å²) >= 11 is 0. The molecule has 3 heterocycles. The molecule has 0 aliphatic rings. The first-order valence-electron chi connectivity index (χ1n) is 8.89. The molecule has 10 heteroatoms. The Morgan fingerprint density at radius 2 is 2.10 bits per heavy atom. The summed E-state index contributed by atoms with van der Waals surface area (Å²) in [4.78, 5) is 9.21. The number of hydrogen-bond donors (Lipinski definition) is 1. The molecule has 0 radical (unpaired) electrons. The Morgan fingerprint density at radius 3 is 2.90 bits per heavy atom. The van der Waals surface area contributed by atoms with E-state index in [2.05, 4.69) is 20.3 Å². The first-order valence-corrected chi connectivity index (χ1v) is 8.89. The molecular formula is C19H18F2N6O2. The Morgan fingerprint density at radius 1 is 1.28 bits per heavy atom. The molecule has 0 fully saturated rings. The molecule has 8 nitrogen and oxygen atoms in total. The van der Waals surface area contributed by atoms with Crippen LogP contribution in [0.4, 0.5) is 8.78 Å². The maximum absolute atomic E-state index is 14.9. The lowest BCUT2D eigenvalue weighted by molar-refractivity contribution is 0.0986. The Labute approximate surface area is 164 Å². The summed E-state index contributed by atoms with van der Waals surface area (Å²) in [6.07, 6.45) is 2.88. The van der Waals surface area contributed by atoms with Crippen LogP contribution in [0.15, 0.2) is 35.7 Å². The Kier molecular flexibility index (Phi) is 4.93. The van der Waals surface area contributed by atoms with Crippen molar-refractivity contribution >= 4 is 22.3 Å². The van der Waals surface area contributed by atoms with Crippen LogP contribution in [0.25, 0.3) is 16.6 Å². The molecule has 0 aliphatic heterocycles. The van der Waals surface area contributed by atoms with Crippen molar-refractivity contribution in [3.63, 3.8) is 0 Å². The van der Waals surface area contributed by atoms with Crippen molar-refractivity contribution in [1.29, 1.82) is 0 Å². The van der Waals surface area contributed by atoms with Crippen LogP contribution >= 0.6 is 0 Å². The standard InChI is InChI=1S/C19H18F2N6O2/c1-11(25-29-6-5-28)16-3-4-18-22-9-12(27(18)24-16)7-13-15(20)8-17-14(19(13)21)10-23-26(17)2/h3-4,8-10,28H,5-7H2,1-2H3/b25-11-. The summed E-state index contributed by atoms with van der Waals surface area (Å²) in [6.45, 7) is 1.64. The number of halogens is 2. The lowest BCUT2D eigenvalue weighted by atomic mass is 10.1. The van der Waals surface area contributed by atoms with Crippen LogP contribution in [-0.4, -0.2) is 48.4 Å². The second kappa shape index (κ2) is 7.55. The summed E-state index contributed by atoms with van der Waals surface area (Å²) in [7, 11) is 1.63. The molecule has 0 bridgehead atoms. The van der Waals surface area contributed by atoms with Gasteiger partial charge in [0.1, 0.15) is 29.6 Å². The molecule has 150 valence electrons. The van der Waals surface area contributed by atoms with Gasteiger partial charge in [0, 0.05) is 25.1 Å². The van der Waals surface area contributed by atoms with E-state index >= 15 is 0 Å². The summed E-state index contributed by atoms with van der Waals surface area (Å²) in [5.41, 5.74) is 2.38. The molecule has 0 spiro atoms. The number of oxime groups is 1. The molecule has 3 aromatic heterocycles. The summed E-state index contributed by atoms with van der Waals surface area (Å²) in [5, 5.41) is 21.3. The van der Waals surface area contributed by atoms with Crippen molar-refractivity contribution in [3.8, 4) is 0 Å². The number of aliphatic hydroxyl groups excluding tert-OH is 1. The van der Waals surface area contributed by atoms with E-state index in [9.17, 15) is 8.78 Å². The Hall–Kier alpha value is -3.40. The van der Waals surface area contributed by atoms with E-state index in [1.54, 1.807) is 26.1 Å². The predicted molar refractivity (Wildman–Crippen MR) is 102 cm³/mol. The van der Waals surface area contributed by atoms with Gasteiger partial charge in [-0.2, -0.15) is 10.2 Å². The largest absolute Gasteiger partial charge is 0.393 e. The molecule has 1 aromatic carbocycles. The van der Waals surface area contributed by atoms with Crippen LogP contribution in [0, 0.1) is 11.6 Å². The Bertz CT molecular complexity index is 1230. The van der Waals surface area contributed by atoms with Gasteiger partial charge in [-0.05, 0) is 19.1 Å². The smallest absolute Gasteiger partial charge is 0.153 e. The van der Waals surface area contributed by atoms with E-state index in [1.807, 2.05) is 0 Å². The molecule has 4 aromatic rings. The van der Waals surface area contributed by atoms with Crippen LogP contribution in [0.3, 0.4) is 0 Å². The highest BCUT2D eigenvalue weighted by Gasteiger charge is 2.18. The third-order valence-electron chi connectivity index (χ3n) is 4.58. The van der Waals surface area contributed by atoms with Gasteiger partial charge in [-0.3, -0.25) is 4.68 Å². The number of hydrogen-bond acceptors (Lipinski definition) is 6. The van der Waals surface area contributed by atoms with Crippen LogP contribution < -0.4 is 0 Å². The normalized spacial score (nSPS) is 12.2. The number of fused-ring (bicyclic) bond motifs is 2. The number of aryl methyl sites for hydroxylation is 1. The zero-order valence-electron chi connectivity index (χ0n) is 15.8. The average molecular weight is 400 g/mol. The van der Waals surface area contributed by atoms with Gasteiger partial charge >= 0.3 is 0 Å². The first kappa shape index (κ1) is 18.9. The van der Waals surface area contributed by atoms with Crippen LogP contribution in [-0.2, 0) is 18.3 Å². The Balaban J connectivity index is 1.73. The van der Waals surface area contributed by atoms with Gasteiger partial charge in [-0.25, -0.2) is 18.3 Å². The molecule has 0 aliphatic carbocycles. The zero-order valence-corrected chi connectivity index (χ0v) is 15.8. The van der Waals surface area contributed by atoms with Gasteiger partial charge in [-0.1, -0.05) is 5.16 Å². The quantitative estimate of drug-likeness (QED) is 0.305. The molecule has 29 heavy (non-hydrogen) atoms. The first-order chi connectivity index (χ1) is 14.0. The minimum absolute atomic E-state index is 0.0304. The zero-order chi connectivity index (χ0) is 20.5. The minimum Gasteiger partial charge on any atom is -0.393 e. The number of imidazole rings is 1. The molecule has 0 saturated carbocycles. The minimum atomic E-state index is -0.653. The van der Waals surface area contributed by atoms with Crippen molar-refractivity contribution in [2.24, 2.45) is 12.2 Å². The number of rotatable bonds is 6. The van der Waals surface area contributed by atoms with Crippen LogP contribution in [0.2, 0.25) is 0 Å². The van der Waals surface area contributed by atoms with Crippen molar-refractivity contribution in [1.82, 2.24) is 24.4 Å². The number of nitrogens with zero attached hydrogens (tertiary/aromatic N) is 6. The van der Waals surface area contributed by atoms with Crippen molar-refractivity contribution < 1.29 is 18.7 Å². The molecular weight excluding hydrogens is 382 g/mol. The maximum Gasteiger partial charge on any atom is 0.153 e. The molecule has 0 unspecified atom stereocenters. The fourth-order valence-corrected chi connectivity index (χ4v) is 3.07. The summed E-state index contributed by atoms with van der Waals surface area (Å²) < 4.78 is 32.5. The predicted octanol–water partition coefficient (Wildman–Crippen LogP) is 2.22. The van der Waals surface area contributed by atoms with E-state index in [-0.39, 0.29) is 30.6 Å². The fraction of sp³-hybridized carbons (Fsp3) is 0.263. The highest BCUT2D eigenvalue weighted by atomic mass is 19.1. The van der Waals surface area contributed by atoms with Crippen molar-refractivity contribution in [2.75, 3.05) is 13.2 Å². The highest BCUT2D eigenvalue weighted by Crippen LogP contribution is 2.25. The number of aliphatic hydroxyl groups is 1. The van der Waals surface area contributed by atoms with Gasteiger partial charge in [0.15, 0.2) is 5.65 Å². The van der Waals surface area contributed by atoms with Gasteiger partial charge in [0.2, 0.25) is 0 Å². The van der Waals surface area contributed by atoms with E-state index < -0.39 is 11.6 Å². The number of benzene rings is 1. The van der Waals surface area contributed by atoms with Gasteiger partial charge < -0.3 is 9.94 Å². The SMILES string of the molecule is C/C(=N/OCCO)c1ccc2ncc(Cc3c(F)cc4c(cnn4C)c3F)n2n1. The molecule has 1 N–H and O–H groups in total. The molecule has 0 atom stereocenters. The van der Waals surface area contributed by atoms with E-state index in [0.717, 1.165) is 0 Å². The van der Waals surface area contributed by atoms with Crippen LogP contribution in [0.1, 0.15) is 23.9 Å². The van der Waals surface area contributed by atoms with Crippen LogP contribution in [0.5, 0.6) is 0 Å². The van der Waals surface area contributed by atoms with E-state index in [1.165, 1.54) is 27.7 Å². The van der Waals surface area contributed by atoms with Gasteiger partial charge in [-0.15, -0.1) is 0 Å². The number of aromatic nitrogens is 5. The molecule has 0 amide bonds. The third kappa shape index (κ3) is 3.42. The second-order valence-corrected chi connectivity index (χ2v) is 6.50. The molecule has 4 rings (SSSR count). The lowest BCUT2D eigenvalue weighted by Crippen LogP contribution is -2.08. The lowest BCUT2D eigenvalue weighted by Gasteiger charge is -2.07. The monoisotopic (exact) mass is 400 g/mol. The maximum atomic E-state index is 14.9. The molecule has 0 saturated heterocycles. The summed E-state index contributed by atoms with van der Waals surface area (Å²) in [5.74, 6) is -1.30. The topological polar surface area (TPSA) is 89.8 Å². The summed E-state index contributed by atoms with van der Waals surface area (Å²) in [6, 6.07) is 4.72. The second-order valence-electron chi connectivity index (χ2n) is 6.50. The van der Waals surface area contributed by atoms with E-state index in [4.69, 9.17) is 9.94 Å². The van der Waals surface area contributed by atoms with Crippen molar-refractivity contribution in [2.45, 2.75) is 13.3 Å². The highest BCUT2D eigenvalue weighted by molar-refractivity contribution is 5.96. The third-order valence-corrected chi connectivity index (χ3v) is 4.58. The average Bonchev–Trinajstić information content (AvgIpc) is 3.28. The van der Waals surface area contributed by atoms with Gasteiger partial charge in [0.25, 0.3) is 0 Å². The van der Waals surface area contributed by atoms with Gasteiger partial charge in [0.05, 0.1) is 35.6 Å². The van der Waals surface area contributed by atoms with Crippen molar-refractivity contribution in [3.05, 3.63) is 59.2 Å². The fourth-order valence-electron chi connectivity index (χ4n) is 3.07. The van der Waals surface area contributed by atoms with E-state index in [0.29, 0.717) is 28.3 Å².